The van der Waals surface area contributed by atoms with Crippen molar-refractivity contribution < 1.29 is 19.2 Å². The van der Waals surface area contributed by atoms with Crippen molar-refractivity contribution in [3.05, 3.63) is 79.7 Å². The van der Waals surface area contributed by atoms with Crippen LogP contribution in [-0.4, -0.2) is 15.8 Å². The predicted octanol–water partition coefficient (Wildman–Crippen LogP) is 2.95. The molecule has 0 spiro atoms. The molecule has 120 valence electrons. The van der Waals surface area contributed by atoms with Crippen LogP contribution in [0.4, 0.5) is 5.69 Å². The molecule has 7 heteroatoms. The maximum atomic E-state index is 12.7. The Morgan fingerprint density at radius 2 is 1.96 bits per heavy atom. The van der Waals surface area contributed by atoms with Crippen LogP contribution in [0.3, 0.4) is 0 Å². The first-order valence-corrected chi connectivity index (χ1v) is 6.94. The fraction of sp³-hybridized carbons (Fsp3) is 0.0588. The zero-order chi connectivity index (χ0) is 17.4. The second kappa shape index (κ2) is 5.62. The van der Waals surface area contributed by atoms with E-state index >= 15 is 0 Å². The molecule has 0 aliphatic carbocycles. The van der Waals surface area contributed by atoms with Crippen molar-refractivity contribution in [2.45, 2.75) is 6.92 Å². The highest BCUT2D eigenvalue weighted by Gasteiger charge is 2.22. The third-order valence-corrected chi connectivity index (χ3v) is 3.64. The molecule has 0 aliphatic rings. The molecule has 0 radical (unpaired) electrons. The zero-order valence-electron chi connectivity index (χ0n) is 12.5. The van der Waals surface area contributed by atoms with Crippen molar-refractivity contribution in [1.29, 1.82) is 0 Å². The van der Waals surface area contributed by atoms with Gasteiger partial charge in [-0.15, -0.1) is 0 Å². The summed E-state index contributed by atoms with van der Waals surface area (Å²) in [7, 11) is 0. The summed E-state index contributed by atoms with van der Waals surface area (Å²) in [5.41, 5.74) is -0.548. The maximum absolute atomic E-state index is 12.7. The first-order valence-electron chi connectivity index (χ1n) is 6.94. The number of nitro benzene ring substituents is 1. The van der Waals surface area contributed by atoms with Crippen molar-refractivity contribution in [2.24, 2.45) is 0 Å². The molecule has 3 rings (SSSR count). The van der Waals surface area contributed by atoms with Crippen LogP contribution >= 0.6 is 0 Å². The largest absolute Gasteiger partial charge is 0.507 e. The lowest BCUT2D eigenvalue weighted by atomic mass is 9.98. The van der Waals surface area contributed by atoms with E-state index in [-0.39, 0.29) is 28.1 Å². The monoisotopic (exact) mass is 325 g/mol. The molecule has 0 aliphatic heterocycles. The van der Waals surface area contributed by atoms with Crippen LogP contribution in [0.1, 0.15) is 21.5 Å². The van der Waals surface area contributed by atoms with E-state index < -0.39 is 16.3 Å². The fourth-order valence-electron chi connectivity index (χ4n) is 2.50. The third kappa shape index (κ3) is 2.52. The number of carbonyl (C=O) groups is 1. The molecule has 24 heavy (non-hydrogen) atoms. The molecular formula is C17H11NO6. The Morgan fingerprint density at radius 3 is 2.67 bits per heavy atom. The summed E-state index contributed by atoms with van der Waals surface area (Å²) in [6.07, 6.45) is 0. The van der Waals surface area contributed by atoms with Crippen LogP contribution in [-0.2, 0) is 0 Å². The fourth-order valence-corrected chi connectivity index (χ4v) is 2.50. The lowest BCUT2D eigenvalue weighted by Crippen LogP contribution is -2.06. The van der Waals surface area contributed by atoms with Gasteiger partial charge in [-0.2, -0.15) is 0 Å². The molecule has 1 aromatic heterocycles. The number of ketones is 1. The number of nitro groups is 1. The van der Waals surface area contributed by atoms with Crippen molar-refractivity contribution >= 4 is 22.4 Å². The number of hydrogen-bond acceptors (Lipinski definition) is 6. The molecule has 0 atom stereocenters. The van der Waals surface area contributed by atoms with E-state index in [4.69, 9.17) is 4.42 Å². The number of phenolic OH excluding ortho intramolecular Hbond substituents is 1. The minimum absolute atomic E-state index is 0.0103. The van der Waals surface area contributed by atoms with E-state index in [0.717, 1.165) is 6.07 Å². The van der Waals surface area contributed by atoms with Gasteiger partial charge >= 0.3 is 5.63 Å². The van der Waals surface area contributed by atoms with E-state index in [1.165, 1.54) is 36.4 Å². The van der Waals surface area contributed by atoms with Crippen LogP contribution in [0, 0.1) is 17.0 Å². The van der Waals surface area contributed by atoms with E-state index in [1.54, 1.807) is 6.92 Å². The van der Waals surface area contributed by atoms with E-state index in [1.807, 2.05) is 0 Å². The van der Waals surface area contributed by atoms with Gasteiger partial charge in [0.15, 0.2) is 5.58 Å². The number of hydrogen-bond donors (Lipinski definition) is 1. The van der Waals surface area contributed by atoms with Crippen molar-refractivity contribution in [1.82, 2.24) is 0 Å². The smallest absolute Gasteiger partial charge is 0.336 e. The maximum Gasteiger partial charge on any atom is 0.336 e. The average molecular weight is 325 g/mol. The van der Waals surface area contributed by atoms with Crippen molar-refractivity contribution in [3.63, 3.8) is 0 Å². The molecule has 0 saturated heterocycles. The SMILES string of the molecule is Cc1cc(=O)oc2c(C(=O)c3cccc([N+](=O)[O-])c3)c(O)ccc12. The van der Waals surface area contributed by atoms with Gasteiger partial charge in [-0.05, 0) is 24.6 Å². The Morgan fingerprint density at radius 1 is 1.21 bits per heavy atom. The lowest BCUT2D eigenvalue weighted by molar-refractivity contribution is -0.384. The molecule has 0 unspecified atom stereocenters. The van der Waals surface area contributed by atoms with Gasteiger partial charge in [0.05, 0.1) is 4.92 Å². The summed E-state index contributed by atoms with van der Waals surface area (Å²) >= 11 is 0. The number of phenols is 1. The van der Waals surface area contributed by atoms with Gasteiger partial charge in [0.2, 0.25) is 5.78 Å². The van der Waals surface area contributed by atoms with Crippen LogP contribution in [0.5, 0.6) is 5.75 Å². The summed E-state index contributed by atoms with van der Waals surface area (Å²) in [6, 6.07) is 9.25. The number of non-ortho nitro benzene ring substituents is 1. The molecule has 0 bridgehead atoms. The molecule has 7 nitrogen and oxygen atoms in total. The zero-order valence-corrected chi connectivity index (χ0v) is 12.5. The highest BCUT2D eigenvalue weighted by atomic mass is 16.6. The van der Waals surface area contributed by atoms with Gasteiger partial charge in [0.25, 0.3) is 5.69 Å². The van der Waals surface area contributed by atoms with Crippen LogP contribution in [0.15, 0.2) is 51.7 Å². The first-order chi connectivity index (χ1) is 11.4. The Balaban J connectivity index is 2.27. The lowest BCUT2D eigenvalue weighted by Gasteiger charge is -2.08. The Kier molecular flexibility index (Phi) is 3.61. The summed E-state index contributed by atoms with van der Waals surface area (Å²) in [4.78, 5) is 34.6. The number of aromatic hydroxyl groups is 1. The quantitative estimate of drug-likeness (QED) is 0.343. The Labute approximate surface area is 134 Å². The van der Waals surface area contributed by atoms with Gasteiger partial charge in [0.1, 0.15) is 11.3 Å². The highest BCUT2D eigenvalue weighted by molar-refractivity contribution is 6.17. The summed E-state index contributed by atoms with van der Waals surface area (Å²) in [5, 5.41) is 21.5. The Hall–Kier alpha value is -3.48. The van der Waals surface area contributed by atoms with Gasteiger partial charge in [-0.1, -0.05) is 12.1 Å². The minimum Gasteiger partial charge on any atom is -0.507 e. The topological polar surface area (TPSA) is 111 Å². The number of nitrogens with zero attached hydrogens (tertiary/aromatic N) is 1. The van der Waals surface area contributed by atoms with Gasteiger partial charge in [-0.25, -0.2) is 4.79 Å². The van der Waals surface area contributed by atoms with E-state index in [2.05, 4.69) is 0 Å². The summed E-state index contributed by atoms with van der Waals surface area (Å²) in [5.74, 6) is -1.04. The number of benzene rings is 2. The second-order valence-corrected chi connectivity index (χ2v) is 5.22. The number of aryl methyl sites for hydroxylation is 1. The minimum atomic E-state index is -0.671. The molecule has 1 N–H and O–H groups in total. The summed E-state index contributed by atoms with van der Waals surface area (Å²) < 4.78 is 5.10. The molecule has 1 heterocycles. The van der Waals surface area contributed by atoms with Crippen LogP contribution < -0.4 is 5.63 Å². The van der Waals surface area contributed by atoms with Crippen molar-refractivity contribution in [2.75, 3.05) is 0 Å². The number of rotatable bonds is 3. The molecule has 0 saturated carbocycles. The number of fused-ring (bicyclic) bond motifs is 1. The van der Waals surface area contributed by atoms with Crippen LogP contribution in [0.2, 0.25) is 0 Å². The van der Waals surface area contributed by atoms with E-state index in [0.29, 0.717) is 10.9 Å². The Bertz CT molecular complexity index is 1050. The molecule has 0 amide bonds. The van der Waals surface area contributed by atoms with Crippen molar-refractivity contribution in [3.8, 4) is 5.75 Å². The molecule has 3 aromatic rings. The molecule has 0 fully saturated rings. The summed E-state index contributed by atoms with van der Waals surface area (Å²) in [6.45, 7) is 1.68. The predicted molar refractivity (Wildman–Crippen MR) is 85.4 cm³/mol. The average Bonchev–Trinajstić information content (AvgIpc) is 2.54. The van der Waals surface area contributed by atoms with Gasteiger partial charge < -0.3 is 9.52 Å². The normalized spacial score (nSPS) is 10.7. The van der Waals surface area contributed by atoms with Gasteiger partial charge in [0, 0.05) is 29.1 Å². The highest BCUT2D eigenvalue weighted by Crippen LogP contribution is 2.30. The number of carbonyl (C=O) groups excluding carboxylic acids is 1. The standard InChI is InChI=1S/C17H11NO6/c1-9-7-14(20)24-17-12(9)5-6-13(19)15(17)16(21)10-3-2-4-11(8-10)18(22)23/h2-8,19H,1H3. The van der Waals surface area contributed by atoms with E-state index in [9.17, 15) is 24.8 Å². The molecule has 2 aromatic carbocycles. The third-order valence-electron chi connectivity index (χ3n) is 3.64. The van der Waals surface area contributed by atoms with Crippen LogP contribution in [0.25, 0.3) is 11.0 Å². The second-order valence-electron chi connectivity index (χ2n) is 5.22. The molecular weight excluding hydrogens is 314 g/mol. The first kappa shape index (κ1) is 15.4. The van der Waals surface area contributed by atoms with Gasteiger partial charge in [-0.3, -0.25) is 14.9 Å².